The smallest absolute Gasteiger partial charge is 0.201 e. The van der Waals surface area contributed by atoms with Gasteiger partial charge in [0.2, 0.25) is 0 Å². The van der Waals surface area contributed by atoms with Crippen molar-refractivity contribution in [3.8, 4) is 0 Å². The molecule has 0 heterocycles. The lowest BCUT2D eigenvalue weighted by molar-refractivity contribution is -0.00830. The number of halogens is 2. The molecule has 0 aliphatic carbocycles. The summed E-state index contributed by atoms with van der Waals surface area (Å²) in [7, 11) is 0. The third-order valence-corrected chi connectivity index (χ3v) is 1.57. The van der Waals surface area contributed by atoms with Crippen molar-refractivity contribution >= 4 is 0 Å². The van der Waals surface area contributed by atoms with Crippen molar-refractivity contribution in [3.63, 3.8) is 0 Å². The van der Waals surface area contributed by atoms with Gasteiger partial charge >= 0.3 is 0 Å². The van der Waals surface area contributed by atoms with Crippen molar-refractivity contribution in [1.82, 2.24) is 0 Å². The van der Waals surface area contributed by atoms with Crippen LogP contribution in [-0.4, -0.2) is 0 Å². The molecular weight excluding hydrogens is 146 g/mol. The zero-order chi connectivity index (χ0) is 8.32. The summed E-state index contributed by atoms with van der Waals surface area (Å²) in [6, 6.07) is 8.54. The van der Waals surface area contributed by atoms with Gasteiger partial charge in [-0.05, 0) is 12.1 Å². The van der Waals surface area contributed by atoms with Crippen LogP contribution in [0, 0.1) is 6.07 Å². The molecule has 0 aromatic heterocycles. The monoisotopic (exact) mass is 155 g/mol. The molecule has 0 amide bonds. The predicted octanol–water partition coefficient (Wildman–Crippen LogP) is 2.99. The van der Waals surface area contributed by atoms with Gasteiger partial charge in [0.1, 0.15) is 0 Å². The van der Waals surface area contributed by atoms with Crippen LogP contribution in [0.1, 0.15) is 18.9 Å². The van der Waals surface area contributed by atoms with E-state index in [1.54, 1.807) is 12.1 Å². The predicted molar refractivity (Wildman–Crippen MR) is 39.5 cm³/mol. The van der Waals surface area contributed by atoms with E-state index in [0.717, 1.165) is 0 Å². The third kappa shape index (κ3) is 1.76. The first-order chi connectivity index (χ1) is 5.17. The summed E-state index contributed by atoms with van der Waals surface area (Å²) in [5.74, 6) is -2.70. The molecule has 1 aromatic carbocycles. The highest BCUT2D eigenvalue weighted by Crippen LogP contribution is 2.30. The largest absolute Gasteiger partial charge is 0.273 e. The molecule has 0 N–H and O–H groups in total. The number of hydrogen-bond acceptors (Lipinski definition) is 0. The van der Waals surface area contributed by atoms with Crippen molar-refractivity contribution in [2.75, 3.05) is 0 Å². The highest BCUT2D eigenvalue weighted by Gasteiger charge is 2.27. The van der Waals surface area contributed by atoms with Gasteiger partial charge in [-0.3, -0.25) is 0 Å². The summed E-state index contributed by atoms with van der Waals surface area (Å²) in [5.41, 5.74) is 0.0440. The summed E-state index contributed by atoms with van der Waals surface area (Å²) >= 11 is 0. The average molecular weight is 155 g/mol. The zero-order valence-corrected chi connectivity index (χ0v) is 6.27. The Balaban J connectivity index is 2.93. The minimum Gasteiger partial charge on any atom is -0.201 e. The molecule has 0 fully saturated rings. The van der Waals surface area contributed by atoms with Gasteiger partial charge in [0.25, 0.3) is 5.92 Å². The van der Waals surface area contributed by atoms with E-state index in [-0.39, 0.29) is 12.0 Å². The van der Waals surface area contributed by atoms with Gasteiger partial charge < -0.3 is 0 Å². The number of hydrogen-bond donors (Lipinski definition) is 0. The Kier molecular flexibility index (Phi) is 2.22. The Morgan fingerprint density at radius 2 is 2.27 bits per heavy atom. The van der Waals surface area contributed by atoms with E-state index in [1.165, 1.54) is 19.1 Å². The molecule has 0 atom stereocenters. The van der Waals surface area contributed by atoms with Crippen molar-refractivity contribution in [2.45, 2.75) is 19.3 Å². The lowest BCUT2D eigenvalue weighted by Crippen LogP contribution is -2.10. The average Bonchev–Trinajstić information content (AvgIpc) is 2.06. The number of rotatable bonds is 2. The fraction of sp³-hybridized carbons (Fsp3) is 0.333. The summed E-state index contributed by atoms with van der Waals surface area (Å²) in [5, 5.41) is 0. The van der Waals surface area contributed by atoms with Gasteiger partial charge in [-0.25, -0.2) is 8.78 Å². The molecule has 0 aliphatic rings. The minimum absolute atomic E-state index is 0.0440. The molecule has 59 valence electrons. The van der Waals surface area contributed by atoms with Gasteiger partial charge in [-0.2, -0.15) is 0 Å². The van der Waals surface area contributed by atoms with Gasteiger partial charge in [0, 0.05) is 12.0 Å². The van der Waals surface area contributed by atoms with Crippen molar-refractivity contribution in [2.24, 2.45) is 0 Å². The quantitative estimate of drug-likeness (QED) is 0.615. The van der Waals surface area contributed by atoms with Crippen molar-refractivity contribution < 1.29 is 8.78 Å². The first kappa shape index (κ1) is 8.18. The first-order valence-electron chi connectivity index (χ1n) is 3.51. The van der Waals surface area contributed by atoms with Crippen LogP contribution in [0.5, 0.6) is 0 Å². The van der Waals surface area contributed by atoms with E-state index in [1.807, 2.05) is 0 Å². The van der Waals surface area contributed by atoms with E-state index in [0.29, 0.717) is 0 Å². The maximum atomic E-state index is 12.9. The molecule has 0 nitrogen and oxygen atoms in total. The Labute approximate surface area is 64.9 Å². The van der Waals surface area contributed by atoms with Gasteiger partial charge in [0.05, 0.1) is 0 Å². The standard InChI is InChI=1S/C9H9F2/c1-2-9(10,11)8-6-4-3-5-7-8/h3-4,6-7H,2H2,1H3. The second kappa shape index (κ2) is 2.99. The SMILES string of the molecule is CCC(F)(F)c1c[c]ccc1. The second-order valence-electron chi connectivity index (χ2n) is 2.35. The number of benzene rings is 1. The number of alkyl halides is 2. The fourth-order valence-electron chi connectivity index (χ4n) is 0.825. The van der Waals surface area contributed by atoms with Crippen molar-refractivity contribution in [1.29, 1.82) is 0 Å². The molecule has 1 aromatic rings. The molecule has 0 bridgehead atoms. The molecule has 11 heavy (non-hydrogen) atoms. The molecule has 0 saturated heterocycles. The maximum absolute atomic E-state index is 12.9. The van der Waals surface area contributed by atoms with Crippen LogP contribution in [0.15, 0.2) is 24.3 Å². The summed E-state index contributed by atoms with van der Waals surface area (Å²) < 4.78 is 25.7. The maximum Gasteiger partial charge on any atom is 0.273 e. The van der Waals surface area contributed by atoms with E-state index >= 15 is 0 Å². The Bertz CT molecular complexity index is 216. The van der Waals surface area contributed by atoms with Crippen LogP contribution in [0.4, 0.5) is 8.78 Å². The fourth-order valence-corrected chi connectivity index (χ4v) is 0.825. The highest BCUT2D eigenvalue weighted by atomic mass is 19.3. The van der Waals surface area contributed by atoms with Gasteiger partial charge in [0.15, 0.2) is 0 Å². The molecule has 0 unspecified atom stereocenters. The summed E-state index contributed by atoms with van der Waals surface area (Å²) in [6.45, 7) is 1.47. The first-order valence-corrected chi connectivity index (χ1v) is 3.51. The second-order valence-corrected chi connectivity index (χ2v) is 2.35. The van der Waals surface area contributed by atoms with E-state index < -0.39 is 5.92 Å². The molecule has 1 radical (unpaired) electrons. The Morgan fingerprint density at radius 3 is 2.73 bits per heavy atom. The molecular formula is C9H9F2. The van der Waals surface area contributed by atoms with Gasteiger partial charge in [-0.15, -0.1) is 0 Å². The van der Waals surface area contributed by atoms with Crippen molar-refractivity contribution in [3.05, 3.63) is 35.9 Å². The lowest BCUT2D eigenvalue weighted by Gasteiger charge is -2.13. The van der Waals surface area contributed by atoms with Crippen LogP contribution in [-0.2, 0) is 5.92 Å². The van der Waals surface area contributed by atoms with E-state index in [4.69, 9.17) is 0 Å². The van der Waals surface area contributed by atoms with Crippen LogP contribution in [0.25, 0.3) is 0 Å². The van der Waals surface area contributed by atoms with Crippen LogP contribution < -0.4 is 0 Å². The topological polar surface area (TPSA) is 0 Å². The van der Waals surface area contributed by atoms with Gasteiger partial charge in [-0.1, -0.05) is 25.1 Å². The molecule has 0 aliphatic heterocycles. The van der Waals surface area contributed by atoms with Crippen LogP contribution >= 0.6 is 0 Å². The minimum atomic E-state index is -2.70. The summed E-state index contributed by atoms with van der Waals surface area (Å²) in [6.07, 6.45) is -0.162. The zero-order valence-electron chi connectivity index (χ0n) is 6.27. The highest BCUT2D eigenvalue weighted by molar-refractivity contribution is 5.18. The van der Waals surface area contributed by atoms with E-state index in [9.17, 15) is 8.78 Å². The third-order valence-electron chi connectivity index (χ3n) is 1.57. The molecule has 0 saturated carbocycles. The van der Waals surface area contributed by atoms with Crippen LogP contribution in [0.2, 0.25) is 0 Å². The summed E-state index contributed by atoms with van der Waals surface area (Å²) in [4.78, 5) is 0. The Hall–Kier alpha value is -0.920. The lowest BCUT2D eigenvalue weighted by atomic mass is 10.1. The molecule has 0 spiro atoms. The molecule has 1 rings (SSSR count). The van der Waals surface area contributed by atoms with Crippen LogP contribution in [0.3, 0.4) is 0 Å². The van der Waals surface area contributed by atoms with E-state index in [2.05, 4.69) is 6.07 Å². The Morgan fingerprint density at radius 1 is 1.55 bits per heavy atom. The normalized spacial score (nSPS) is 11.5. The molecule has 2 heteroatoms.